The number of ether oxygens (including phenoxy) is 1. The number of para-hydroxylation sites is 1. The highest BCUT2D eigenvalue weighted by molar-refractivity contribution is 7.99. The van der Waals surface area contributed by atoms with Crippen molar-refractivity contribution in [1.29, 1.82) is 0 Å². The molecule has 3 heterocycles. The summed E-state index contributed by atoms with van der Waals surface area (Å²) < 4.78 is 5.59. The first-order valence-electron chi connectivity index (χ1n) is 11.0. The number of morpholine rings is 1. The average Bonchev–Trinajstić information content (AvgIpc) is 3.44. The lowest BCUT2D eigenvalue weighted by atomic mass is 9.96. The monoisotopic (exact) mass is 417 g/mol. The molecule has 2 N–H and O–H groups in total. The van der Waals surface area contributed by atoms with E-state index < -0.39 is 0 Å². The largest absolute Gasteiger partial charge is 0.379 e. The minimum atomic E-state index is 0.197. The third-order valence-corrected chi connectivity index (χ3v) is 7.52. The fourth-order valence-corrected chi connectivity index (χ4v) is 6.07. The summed E-state index contributed by atoms with van der Waals surface area (Å²) in [5.74, 6) is 3.39. The van der Waals surface area contributed by atoms with E-state index in [1.807, 2.05) is 0 Å². The van der Waals surface area contributed by atoms with Crippen molar-refractivity contribution >= 4 is 23.4 Å². The van der Waals surface area contributed by atoms with Crippen molar-refractivity contribution in [3.05, 3.63) is 30.3 Å². The van der Waals surface area contributed by atoms with E-state index in [9.17, 15) is 0 Å². The van der Waals surface area contributed by atoms with E-state index in [0.29, 0.717) is 6.04 Å². The molecule has 3 fully saturated rings. The van der Waals surface area contributed by atoms with Gasteiger partial charge in [0.05, 0.1) is 25.3 Å². The van der Waals surface area contributed by atoms with Gasteiger partial charge < -0.3 is 20.3 Å². The quantitative estimate of drug-likeness (QED) is 0.546. The second-order valence-electron chi connectivity index (χ2n) is 8.23. The van der Waals surface area contributed by atoms with Crippen LogP contribution in [0.4, 0.5) is 5.69 Å². The van der Waals surface area contributed by atoms with Gasteiger partial charge in [0.2, 0.25) is 0 Å². The van der Waals surface area contributed by atoms with Gasteiger partial charge in [0.15, 0.2) is 5.96 Å². The lowest BCUT2D eigenvalue weighted by Crippen LogP contribution is -2.56. The summed E-state index contributed by atoms with van der Waals surface area (Å²) in [5.41, 5.74) is 1.51. The standard InChI is InChI=1S/C22H35N5OS/c1-2-23-21(25-19-8-10-26(16-19)20-6-4-3-5-7-20)24-17-22(9-15-29-18-22)27-11-13-28-14-12-27/h3-7,19H,2,8-18H2,1H3,(H2,23,24,25). The summed E-state index contributed by atoms with van der Waals surface area (Å²) in [6, 6.07) is 11.2. The molecular formula is C22H35N5OS. The van der Waals surface area contributed by atoms with Crippen LogP contribution in [0.1, 0.15) is 19.8 Å². The molecule has 160 valence electrons. The molecule has 2 unspecified atom stereocenters. The van der Waals surface area contributed by atoms with E-state index in [1.54, 1.807) is 0 Å². The molecule has 0 bridgehead atoms. The highest BCUT2D eigenvalue weighted by atomic mass is 32.2. The Labute approximate surface area is 179 Å². The molecule has 7 heteroatoms. The molecule has 1 aromatic rings. The smallest absolute Gasteiger partial charge is 0.191 e. The summed E-state index contributed by atoms with van der Waals surface area (Å²) in [6.45, 7) is 9.80. The molecule has 29 heavy (non-hydrogen) atoms. The summed E-state index contributed by atoms with van der Waals surface area (Å²) >= 11 is 2.07. The van der Waals surface area contributed by atoms with Gasteiger partial charge >= 0.3 is 0 Å². The zero-order chi connectivity index (χ0) is 19.9. The molecule has 2 atom stereocenters. The molecule has 0 aromatic heterocycles. The third kappa shape index (κ3) is 5.19. The average molecular weight is 418 g/mol. The number of aliphatic imine (C=N–C) groups is 1. The lowest BCUT2D eigenvalue weighted by Gasteiger charge is -2.42. The van der Waals surface area contributed by atoms with E-state index in [-0.39, 0.29) is 5.54 Å². The van der Waals surface area contributed by atoms with Crippen molar-refractivity contribution in [2.45, 2.75) is 31.3 Å². The van der Waals surface area contributed by atoms with Crippen molar-refractivity contribution in [1.82, 2.24) is 15.5 Å². The number of benzene rings is 1. The predicted octanol–water partition coefficient (Wildman–Crippen LogP) is 2.03. The van der Waals surface area contributed by atoms with Gasteiger partial charge in [-0.1, -0.05) is 18.2 Å². The van der Waals surface area contributed by atoms with Crippen molar-refractivity contribution in [3.8, 4) is 0 Å². The number of nitrogens with zero attached hydrogens (tertiary/aromatic N) is 3. The van der Waals surface area contributed by atoms with E-state index in [1.165, 1.54) is 23.6 Å². The number of anilines is 1. The molecular weight excluding hydrogens is 382 g/mol. The highest BCUT2D eigenvalue weighted by Crippen LogP contribution is 2.34. The Bertz CT molecular complexity index is 658. The Morgan fingerprint density at radius 1 is 1.24 bits per heavy atom. The topological polar surface area (TPSA) is 52.1 Å². The van der Waals surface area contributed by atoms with E-state index in [4.69, 9.17) is 9.73 Å². The molecule has 0 spiro atoms. The summed E-state index contributed by atoms with van der Waals surface area (Å²) in [5, 5.41) is 7.19. The van der Waals surface area contributed by atoms with Crippen LogP contribution >= 0.6 is 11.8 Å². The minimum absolute atomic E-state index is 0.197. The number of rotatable bonds is 6. The fraction of sp³-hybridized carbons (Fsp3) is 0.682. The Morgan fingerprint density at radius 2 is 2.07 bits per heavy atom. The zero-order valence-corrected chi connectivity index (χ0v) is 18.4. The van der Waals surface area contributed by atoms with Crippen LogP contribution in [0.5, 0.6) is 0 Å². The van der Waals surface area contributed by atoms with Crippen molar-refractivity contribution < 1.29 is 4.74 Å². The predicted molar refractivity (Wildman–Crippen MR) is 123 cm³/mol. The molecule has 1 aromatic carbocycles. The molecule has 0 saturated carbocycles. The van der Waals surface area contributed by atoms with Gasteiger partial charge in [-0.2, -0.15) is 11.8 Å². The number of hydrogen-bond acceptors (Lipinski definition) is 5. The minimum Gasteiger partial charge on any atom is -0.379 e. The molecule has 4 rings (SSSR count). The number of thioether (sulfide) groups is 1. The molecule has 3 aliphatic heterocycles. The lowest BCUT2D eigenvalue weighted by molar-refractivity contribution is -0.0104. The third-order valence-electron chi connectivity index (χ3n) is 6.29. The summed E-state index contributed by atoms with van der Waals surface area (Å²) in [4.78, 5) is 10.2. The van der Waals surface area contributed by atoms with Crippen LogP contribution in [0.15, 0.2) is 35.3 Å². The normalized spacial score (nSPS) is 28.7. The first kappa shape index (κ1) is 20.8. The van der Waals surface area contributed by atoms with Crippen molar-refractivity contribution in [3.63, 3.8) is 0 Å². The Morgan fingerprint density at radius 3 is 2.79 bits per heavy atom. The van der Waals surface area contributed by atoms with E-state index in [0.717, 1.165) is 64.9 Å². The first-order valence-corrected chi connectivity index (χ1v) is 12.2. The van der Waals surface area contributed by atoms with Gasteiger partial charge in [-0.3, -0.25) is 9.89 Å². The van der Waals surface area contributed by atoms with Gasteiger partial charge in [-0.05, 0) is 37.7 Å². The van der Waals surface area contributed by atoms with Crippen molar-refractivity contribution in [2.24, 2.45) is 4.99 Å². The number of hydrogen-bond donors (Lipinski definition) is 2. The number of guanidine groups is 1. The molecule has 3 aliphatic rings. The van der Waals surface area contributed by atoms with Crippen LogP contribution in [-0.4, -0.2) is 86.4 Å². The fourth-order valence-electron chi connectivity index (χ4n) is 4.60. The van der Waals surface area contributed by atoms with Gasteiger partial charge in [0.1, 0.15) is 0 Å². The van der Waals surface area contributed by atoms with E-state index in [2.05, 4.69) is 69.5 Å². The van der Waals surface area contributed by atoms with Gasteiger partial charge in [0.25, 0.3) is 0 Å². The van der Waals surface area contributed by atoms with Crippen LogP contribution < -0.4 is 15.5 Å². The van der Waals surface area contributed by atoms with Crippen LogP contribution in [0, 0.1) is 0 Å². The Balaban J connectivity index is 1.38. The maximum Gasteiger partial charge on any atom is 0.191 e. The maximum absolute atomic E-state index is 5.59. The number of nitrogens with one attached hydrogen (secondary N) is 2. The molecule has 0 radical (unpaired) electrons. The second kappa shape index (κ2) is 10.0. The van der Waals surface area contributed by atoms with Crippen LogP contribution in [0.3, 0.4) is 0 Å². The van der Waals surface area contributed by atoms with Crippen molar-refractivity contribution in [2.75, 3.05) is 68.9 Å². The molecule has 6 nitrogen and oxygen atoms in total. The summed E-state index contributed by atoms with van der Waals surface area (Å²) in [7, 11) is 0. The highest BCUT2D eigenvalue weighted by Gasteiger charge is 2.40. The van der Waals surface area contributed by atoms with Gasteiger partial charge in [-0.25, -0.2) is 0 Å². The van der Waals surface area contributed by atoms with Gasteiger partial charge in [0, 0.05) is 50.2 Å². The van der Waals surface area contributed by atoms with E-state index >= 15 is 0 Å². The molecule has 0 amide bonds. The Hall–Kier alpha value is -1.44. The van der Waals surface area contributed by atoms with Gasteiger partial charge in [-0.15, -0.1) is 0 Å². The van der Waals surface area contributed by atoms with Crippen LogP contribution in [-0.2, 0) is 4.74 Å². The second-order valence-corrected chi connectivity index (χ2v) is 9.34. The van der Waals surface area contributed by atoms with Crippen LogP contribution in [0.2, 0.25) is 0 Å². The SMILES string of the molecule is CCNC(=NCC1(N2CCOCC2)CCSC1)NC1CCN(c2ccccc2)C1. The molecule has 0 aliphatic carbocycles. The Kier molecular flexibility index (Phi) is 7.21. The van der Waals surface area contributed by atoms with Crippen LogP contribution in [0.25, 0.3) is 0 Å². The first-order chi connectivity index (χ1) is 14.3. The zero-order valence-electron chi connectivity index (χ0n) is 17.6. The maximum atomic E-state index is 5.59. The summed E-state index contributed by atoms with van der Waals surface area (Å²) in [6.07, 6.45) is 2.37. The molecule has 3 saturated heterocycles.